The topological polar surface area (TPSA) is 86.0 Å². The van der Waals surface area contributed by atoms with E-state index in [1.54, 1.807) is 0 Å². The van der Waals surface area contributed by atoms with Crippen molar-refractivity contribution in [2.24, 2.45) is 0 Å². The van der Waals surface area contributed by atoms with Crippen molar-refractivity contribution in [1.29, 1.82) is 0 Å². The van der Waals surface area contributed by atoms with Gasteiger partial charge in [-0.25, -0.2) is 0 Å². The Morgan fingerprint density at radius 1 is 1.17 bits per heavy atom. The average molecular weight is 253 g/mol. The van der Waals surface area contributed by atoms with Gasteiger partial charge in [0, 0.05) is 6.04 Å². The van der Waals surface area contributed by atoms with Crippen LogP contribution in [0.2, 0.25) is 0 Å². The quantitative estimate of drug-likeness (QED) is 0.739. The fraction of sp³-hybridized carbons (Fsp3) is 0.750. The van der Waals surface area contributed by atoms with E-state index >= 15 is 0 Å². The molecule has 1 aromatic heterocycles. The molecule has 0 aliphatic carbocycles. The van der Waals surface area contributed by atoms with Gasteiger partial charge in [0.05, 0.1) is 6.61 Å². The van der Waals surface area contributed by atoms with Crippen LogP contribution in [-0.4, -0.2) is 27.6 Å². The molecular formula is C12H23N5O. The van der Waals surface area contributed by atoms with E-state index in [0.717, 1.165) is 25.7 Å². The first kappa shape index (κ1) is 14.5. The minimum atomic E-state index is 0.185. The molecule has 0 aromatic carbocycles. The summed E-state index contributed by atoms with van der Waals surface area (Å²) in [4.78, 5) is 12.2. The number of nitrogen functional groups attached to an aromatic ring is 1. The number of anilines is 2. The van der Waals surface area contributed by atoms with Crippen LogP contribution >= 0.6 is 0 Å². The number of ether oxygens (including phenoxy) is 1. The van der Waals surface area contributed by atoms with Crippen molar-refractivity contribution >= 4 is 11.9 Å². The summed E-state index contributed by atoms with van der Waals surface area (Å²) in [6.07, 6.45) is 4.12. The molecule has 0 saturated carbocycles. The molecule has 6 heteroatoms. The Labute approximate surface area is 108 Å². The third kappa shape index (κ3) is 4.73. The third-order valence-electron chi connectivity index (χ3n) is 2.53. The van der Waals surface area contributed by atoms with Gasteiger partial charge in [0.15, 0.2) is 0 Å². The van der Waals surface area contributed by atoms with Gasteiger partial charge in [0.1, 0.15) is 0 Å². The van der Waals surface area contributed by atoms with E-state index < -0.39 is 0 Å². The summed E-state index contributed by atoms with van der Waals surface area (Å²) in [5.41, 5.74) is 5.64. The number of hydrogen-bond donors (Lipinski definition) is 2. The second kappa shape index (κ2) is 7.68. The van der Waals surface area contributed by atoms with Crippen LogP contribution in [-0.2, 0) is 0 Å². The van der Waals surface area contributed by atoms with E-state index in [9.17, 15) is 0 Å². The zero-order valence-corrected chi connectivity index (χ0v) is 11.4. The third-order valence-corrected chi connectivity index (χ3v) is 2.53. The van der Waals surface area contributed by atoms with Crippen LogP contribution in [0.5, 0.6) is 6.01 Å². The highest BCUT2D eigenvalue weighted by atomic mass is 16.5. The Hall–Kier alpha value is -1.59. The lowest BCUT2D eigenvalue weighted by Gasteiger charge is -2.16. The number of rotatable bonds is 8. The first-order chi connectivity index (χ1) is 8.69. The molecule has 3 N–H and O–H groups in total. The highest BCUT2D eigenvalue weighted by Crippen LogP contribution is 2.13. The summed E-state index contributed by atoms with van der Waals surface area (Å²) in [7, 11) is 0. The van der Waals surface area contributed by atoms with E-state index in [2.05, 4.69) is 34.1 Å². The van der Waals surface area contributed by atoms with Gasteiger partial charge in [-0.2, -0.15) is 15.0 Å². The van der Waals surface area contributed by atoms with Gasteiger partial charge in [-0.05, 0) is 19.3 Å². The van der Waals surface area contributed by atoms with Crippen LogP contribution in [0.15, 0.2) is 0 Å². The first-order valence-electron chi connectivity index (χ1n) is 6.60. The Bertz CT molecular complexity index is 358. The zero-order chi connectivity index (χ0) is 13.4. The maximum atomic E-state index is 5.64. The van der Waals surface area contributed by atoms with Crippen LogP contribution in [0.4, 0.5) is 11.9 Å². The molecule has 0 amide bonds. The van der Waals surface area contributed by atoms with Crippen LogP contribution in [0.3, 0.4) is 0 Å². The summed E-state index contributed by atoms with van der Waals surface area (Å²) in [5, 5.41) is 3.27. The van der Waals surface area contributed by atoms with Crippen molar-refractivity contribution in [1.82, 2.24) is 15.0 Å². The molecule has 0 aliphatic rings. The minimum Gasteiger partial charge on any atom is -0.463 e. The van der Waals surface area contributed by atoms with Crippen molar-refractivity contribution in [2.45, 2.75) is 52.5 Å². The van der Waals surface area contributed by atoms with Crippen molar-refractivity contribution in [3.05, 3.63) is 0 Å². The first-order valence-corrected chi connectivity index (χ1v) is 6.60. The molecule has 0 fully saturated rings. The van der Waals surface area contributed by atoms with Crippen molar-refractivity contribution in [3.63, 3.8) is 0 Å². The number of hydrogen-bond acceptors (Lipinski definition) is 6. The molecule has 102 valence electrons. The highest BCUT2D eigenvalue weighted by molar-refractivity contribution is 5.33. The van der Waals surface area contributed by atoms with E-state index in [-0.39, 0.29) is 5.95 Å². The lowest BCUT2D eigenvalue weighted by molar-refractivity contribution is 0.292. The molecule has 1 unspecified atom stereocenters. The largest absolute Gasteiger partial charge is 0.463 e. The van der Waals surface area contributed by atoms with E-state index in [0.29, 0.717) is 24.6 Å². The second-order valence-corrected chi connectivity index (χ2v) is 4.19. The monoisotopic (exact) mass is 253 g/mol. The van der Waals surface area contributed by atoms with Gasteiger partial charge < -0.3 is 15.8 Å². The van der Waals surface area contributed by atoms with Gasteiger partial charge in [0.2, 0.25) is 11.9 Å². The molecule has 1 aromatic rings. The maximum Gasteiger partial charge on any atom is 0.323 e. The van der Waals surface area contributed by atoms with E-state index in [4.69, 9.17) is 10.5 Å². The Morgan fingerprint density at radius 2 is 1.94 bits per heavy atom. The minimum absolute atomic E-state index is 0.185. The lowest BCUT2D eigenvalue weighted by Crippen LogP contribution is -2.20. The predicted octanol–water partition coefficient (Wildman–Crippen LogP) is 2.23. The van der Waals surface area contributed by atoms with E-state index in [1.165, 1.54) is 0 Å². The standard InChI is InChI=1S/C12H23N5O/c1-4-7-9(6-3)14-11-15-10(13)16-12(17-11)18-8-5-2/h9H,4-8H2,1-3H3,(H3,13,14,15,16,17). The van der Waals surface area contributed by atoms with Gasteiger partial charge >= 0.3 is 6.01 Å². The molecule has 6 nitrogen and oxygen atoms in total. The fourth-order valence-corrected chi connectivity index (χ4v) is 1.60. The summed E-state index contributed by atoms with van der Waals surface area (Å²) in [6.45, 7) is 6.89. The van der Waals surface area contributed by atoms with Gasteiger partial charge in [-0.15, -0.1) is 0 Å². The molecule has 1 heterocycles. The lowest BCUT2D eigenvalue weighted by atomic mass is 10.1. The number of nitrogens with one attached hydrogen (secondary N) is 1. The molecule has 0 radical (unpaired) electrons. The molecular weight excluding hydrogens is 230 g/mol. The Morgan fingerprint density at radius 3 is 2.56 bits per heavy atom. The molecule has 18 heavy (non-hydrogen) atoms. The van der Waals surface area contributed by atoms with Crippen LogP contribution in [0.1, 0.15) is 46.5 Å². The molecule has 0 aliphatic heterocycles. The maximum absolute atomic E-state index is 5.64. The van der Waals surface area contributed by atoms with Crippen LogP contribution in [0, 0.1) is 0 Å². The van der Waals surface area contributed by atoms with Gasteiger partial charge in [-0.3, -0.25) is 0 Å². The molecule has 0 spiro atoms. The number of nitrogens with zero attached hydrogens (tertiary/aromatic N) is 3. The normalized spacial score (nSPS) is 12.2. The Kier molecular flexibility index (Phi) is 6.18. The Balaban J connectivity index is 2.71. The predicted molar refractivity (Wildman–Crippen MR) is 72.6 cm³/mol. The molecule has 0 saturated heterocycles. The highest BCUT2D eigenvalue weighted by Gasteiger charge is 2.10. The fourth-order valence-electron chi connectivity index (χ4n) is 1.60. The van der Waals surface area contributed by atoms with Crippen molar-refractivity contribution in [2.75, 3.05) is 17.7 Å². The SMILES string of the molecule is CCCOc1nc(N)nc(NC(CC)CCC)n1. The van der Waals surface area contributed by atoms with Crippen molar-refractivity contribution < 1.29 is 4.74 Å². The van der Waals surface area contributed by atoms with Gasteiger partial charge in [-0.1, -0.05) is 27.2 Å². The number of aromatic nitrogens is 3. The van der Waals surface area contributed by atoms with Gasteiger partial charge in [0.25, 0.3) is 0 Å². The molecule has 0 bridgehead atoms. The summed E-state index contributed by atoms with van der Waals surface area (Å²) >= 11 is 0. The number of nitrogens with two attached hydrogens (primary N) is 1. The van der Waals surface area contributed by atoms with Crippen molar-refractivity contribution in [3.8, 4) is 6.01 Å². The second-order valence-electron chi connectivity index (χ2n) is 4.19. The summed E-state index contributed by atoms with van der Waals surface area (Å²) < 4.78 is 5.37. The zero-order valence-electron chi connectivity index (χ0n) is 11.4. The smallest absolute Gasteiger partial charge is 0.323 e. The van der Waals surface area contributed by atoms with Crippen LogP contribution in [0.25, 0.3) is 0 Å². The van der Waals surface area contributed by atoms with Crippen LogP contribution < -0.4 is 15.8 Å². The average Bonchev–Trinajstić information content (AvgIpc) is 2.35. The summed E-state index contributed by atoms with van der Waals surface area (Å²) in [6, 6.07) is 0.647. The van der Waals surface area contributed by atoms with E-state index in [1.807, 2.05) is 6.92 Å². The molecule has 1 atom stereocenters. The summed E-state index contributed by atoms with van der Waals surface area (Å²) in [5.74, 6) is 0.679. The molecule has 1 rings (SSSR count).